The molecule has 0 amide bonds. The third-order valence-corrected chi connectivity index (χ3v) is 7.94. The van der Waals surface area contributed by atoms with Crippen molar-refractivity contribution in [3.8, 4) is 0 Å². The van der Waals surface area contributed by atoms with Crippen LogP contribution in [0.3, 0.4) is 0 Å². The minimum Gasteiger partial charge on any atom is -0.396 e. The standard InChI is InChI=1S/C20H32O/c1-14-17-10-11-20(14,13-21)19-5-3-2-4-15-6-7-16(12-15)8-9-18(17)19/h10,14-16,18-19,21H,2-9,11-13H2,1H3. The summed E-state index contributed by atoms with van der Waals surface area (Å²) in [5.41, 5.74) is 1.97. The Morgan fingerprint density at radius 3 is 2.57 bits per heavy atom. The van der Waals surface area contributed by atoms with E-state index in [-0.39, 0.29) is 5.41 Å². The third-order valence-electron chi connectivity index (χ3n) is 7.94. The van der Waals surface area contributed by atoms with Crippen LogP contribution < -0.4 is 0 Å². The van der Waals surface area contributed by atoms with Gasteiger partial charge in [-0.15, -0.1) is 0 Å². The lowest BCUT2D eigenvalue weighted by atomic mass is 9.67. The van der Waals surface area contributed by atoms with E-state index in [0.717, 1.165) is 30.1 Å². The summed E-state index contributed by atoms with van der Waals surface area (Å²) in [7, 11) is 0. The van der Waals surface area contributed by atoms with Crippen LogP contribution in [0.2, 0.25) is 0 Å². The van der Waals surface area contributed by atoms with Gasteiger partial charge in [-0.05, 0) is 61.7 Å². The van der Waals surface area contributed by atoms with Gasteiger partial charge in [0.15, 0.2) is 0 Å². The first-order valence-electron chi connectivity index (χ1n) is 9.55. The van der Waals surface area contributed by atoms with Gasteiger partial charge in [-0.1, -0.05) is 50.7 Å². The van der Waals surface area contributed by atoms with Crippen molar-refractivity contribution in [3.05, 3.63) is 11.6 Å². The molecule has 6 unspecified atom stereocenters. The molecule has 6 atom stereocenters. The van der Waals surface area contributed by atoms with Crippen molar-refractivity contribution in [1.29, 1.82) is 0 Å². The number of aliphatic hydroxyl groups excluding tert-OH is 1. The molecule has 0 heterocycles. The second-order valence-electron chi connectivity index (χ2n) is 8.64. The number of aliphatic hydroxyl groups is 1. The van der Waals surface area contributed by atoms with Crippen molar-refractivity contribution in [2.45, 2.75) is 71.1 Å². The van der Waals surface area contributed by atoms with Crippen molar-refractivity contribution in [3.63, 3.8) is 0 Å². The molecule has 4 bridgehead atoms. The van der Waals surface area contributed by atoms with E-state index in [1.54, 1.807) is 5.57 Å². The molecule has 1 N–H and O–H groups in total. The Hall–Kier alpha value is -0.300. The summed E-state index contributed by atoms with van der Waals surface area (Å²) in [6, 6.07) is 0. The average Bonchev–Trinajstić information content (AvgIpc) is 3.12. The van der Waals surface area contributed by atoms with Gasteiger partial charge in [-0.2, -0.15) is 0 Å². The number of rotatable bonds is 1. The second-order valence-corrected chi connectivity index (χ2v) is 8.64. The molecule has 4 aliphatic carbocycles. The van der Waals surface area contributed by atoms with Crippen LogP contribution in [0.4, 0.5) is 0 Å². The van der Waals surface area contributed by atoms with Crippen molar-refractivity contribution in [1.82, 2.24) is 0 Å². The molecular formula is C20H32O. The quantitative estimate of drug-likeness (QED) is 0.677. The number of fused-ring (bicyclic) bond motifs is 7. The Bertz CT molecular complexity index is 426. The number of hydrogen-bond donors (Lipinski definition) is 1. The topological polar surface area (TPSA) is 20.2 Å². The first-order valence-corrected chi connectivity index (χ1v) is 9.55. The molecule has 21 heavy (non-hydrogen) atoms. The highest BCUT2D eigenvalue weighted by molar-refractivity contribution is 5.31. The Morgan fingerprint density at radius 2 is 1.76 bits per heavy atom. The third kappa shape index (κ3) is 2.14. The highest BCUT2D eigenvalue weighted by Gasteiger charge is 2.57. The Kier molecular flexibility index (Phi) is 3.68. The highest BCUT2D eigenvalue weighted by Crippen LogP contribution is 2.63. The van der Waals surface area contributed by atoms with Gasteiger partial charge in [0.05, 0.1) is 0 Å². The van der Waals surface area contributed by atoms with Crippen molar-refractivity contribution in [2.75, 3.05) is 6.61 Å². The second kappa shape index (κ2) is 5.41. The smallest absolute Gasteiger partial charge is 0.0498 e. The van der Waals surface area contributed by atoms with E-state index >= 15 is 0 Å². The fourth-order valence-corrected chi connectivity index (χ4v) is 6.66. The van der Waals surface area contributed by atoms with E-state index < -0.39 is 0 Å². The molecular weight excluding hydrogens is 256 g/mol. The van der Waals surface area contributed by atoms with Crippen LogP contribution in [0.1, 0.15) is 71.1 Å². The Morgan fingerprint density at radius 1 is 1.05 bits per heavy atom. The normalized spacial score (nSPS) is 49.6. The molecule has 3 saturated carbocycles. The molecule has 4 rings (SSSR count). The van der Waals surface area contributed by atoms with Crippen LogP contribution in [-0.4, -0.2) is 11.7 Å². The molecule has 0 radical (unpaired) electrons. The maximum absolute atomic E-state index is 10.2. The predicted molar refractivity (Wildman–Crippen MR) is 86.9 cm³/mol. The van der Waals surface area contributed by atoms with E-state index in [1.807, 2.05) is 0 Å². The molecule has 0 spiro atoms. The minimum absolute atomic E-state index is 0.229. The van der Waals surface area contributed by atoms with Gasteiger partial charge < -0.3 is 5.11 Å². The predicted octanol–water partition coefficient (Wildman–Crippen LogP) is 4.95. The van der Waals surface area contributed by atoms with Gasteiger partial charge in [0.2, 0.25) is 0 Å². The molecule has 0 saturated heterocycles. The highest BCUT2D eigenvalue weighted by atomic mass is 16.3. The summed E-state index contributed by atoms with van der Waals surface area (Å²) in [6.07, 6.45) is 16.8. The van der Waals surface area contributed by atoms with E-state index in [9.17, 15) is 5.11 Å². The summed E-state index contributed by atoms with van der Waals surface area (Å²) in [4.78, 5) is 0. The van der Waals surface area contributed by atoms with Crippen LogP contribution in [0.5, 0.6) is 0 Å². The molecule has 4 aliphatic rings. The lowest BCUT2D eigenvalue weighted by molar-refractivity contribution is 0.0388. The molecule has 3 fully saturated rings. The molecule has 0 aliphatic heterocycles. The van der Waals surface area contributed by atoms with E-state index in [1.165, 1.54) is 57.8 Å². The first-order chi connectivity index (χ1) is 10.2. The zero-order valence-electron chi connectivity index (χ0n) is 13.7. The molecule has 118 valence electrons. The SMILES string of the molecule is CC1C2=CCC1(CO)C1CCCCC3CCC(CCC21)C3. The molecule has 0 aromatic carbocycles. The Labute approximate surface area is 130 Å². The summed E-state index contributed by atoms with van der Waals surface area (Å²) in [6.45, 7) is 2.82. The van der Waals surface area contributed by atoms with Gasteiger partial charge in [0, 0.05) is 12.0 Å². The van der Waals surface area contributed by atoms with Gasteiger partial charge in [0.25, 0.3) is 0 Å². The Balaban J connectivity index is 1.57. The minimum atomic E-state index is 0.229. The van der Waals surface area contributed by atoms with E-state index in [2.05, 4.69) is 13.0 Å². The molecule has 0 aromatic heterocycles. The fourth-order valence-electron chi connectivity index (χ4n) is 6.66. The lowest BCUT2D eigenvalue weighted by Crippen LogP contribution is -2.35. The van der Waals surface area contributed by atoms with Crippen molar-refractivity contribution < 1.29 is 5.11 Å². The lowest BCUT2D eigenvalue weighted by Gasteiger charge is -2.38. The van der Waals surface area contributed by atoms with Gasteiger partial charge in [0.1, 0.15) is 0 Å². The van der Waals surface area contributed by atoms with E-state index in [4.69, 9.17) is 0 Å². The molecule has 1 heteroatoms. The van der Waals surface area contributed by atoms with Gasteiger partial charge >= 0.3 is 0 Å². The van der Waals surface area contributed by atoms with Gasteiger partial charge in [-0.25, -0.2) is 0 Å². The number of hydrogen-bond acceptors (Lipinski definition) is 1. The van der Waals surface area contributed by atoms with Crippen LogP contribution in [0, 0.1) is 35.0 Å². The average molecular weight is 288 g/mol. The van der Waals surface area contributed by atoms with Crippen LogP contribution >= 0.6 is 0 Å². The van der Waals surface area contributed by atoms with Gasteiger partial charge in [-0.3, -0.25) is 0 Å². The maximum atomic E-state index is 10.2. The fraction of sp³-hybridized carbons (Fsp3) is 0.900. The van der Waals surface area contributed by atoms with Crippen LogP contribution in [0.15, 0.2) is 11.6 Å². The maximum Gasteiger partial charge on any atom is 0.0498 e. The van der Waals surface area contributed by atoms with Crippen molar-refractivity contribution in [2.24, 2.45) is 35.0 Å². The first kappa shape index (κ1) is 14.3. The van der Waals surface area contributed by atoms with Crippen LogP contribution in [0.25, 0.3) is 0 Å². The molecule has 0 aromatic rings. The van der Waals surface area contributed by atoms with Crippen LogP contribution in [-0.2, 0) is 0 Å². The summed E-state index contributed by atoms with van der Waals surface area (Å²) >= 11 is 0. The zero-order valence-corrected chi connectivity index (χ0v) is 13.7. The molecule has 1 nitrogen and oxygen atoms in total. The number of allylic oxidation sites excluding steroid dienone is 2. The van der Waals surface area contributed by atoms with Crippen molar-refractivity contribution >= 4 is 0 Å². The summed E-state index contributed by atoms with van der Waals surface area (Å²) in [5, 5.41) is 10.2. The summed E-state index contributed by atoms with van der Waals surface area (Å²) < 4.78 is 0. The zero-order chi connectivity index (χ0) is 14.4. The monoisotopic (exact) mass is 288 g/mol. The largest absolute Gasteiger partial charge is 0.396 e. The summed E-state index contributed by atoms with van der Waals surface area (Å²) in [5.74, 6) is 4.33. The van der Waals surface area contributed by atoms with E-state index in [0.29, 0.717) is 12.5 Å².